The highest BCUT2D eigenvalue weighted by molar-refractivity contribution is 5.61. The third-order valence-electron chi connectivity index (χ3n) is 3.39. The lowest BCUT2D eigenvalue weighted by Gasteiger charge is -2.08. The molecule has 2 aromatic rings. The van der Waals surface area contributed by atoms with Gasteiger partial charge < -0.3 is 10.1 Å². The van der Waals surface area contributed by atoms with E-state index in [9.17, 15) is 14.5 Å². The van der Waals surface area contributed by atoms with E-state index >= 15 is 0 Å². The summed E-state index contributed by atoms with van der Waals surface area (Å²) in [4.78, 5) is 10.3. The molecule has 0 fully saturated rings. The predicted octanol–water partition coefficient (Wildman–Crippen LogP) is 3.28. The van der Waals surface area contributed by atoms with Crippen molar-refractivity contribution in [2.75, 3.05) is 11.9 Å². The zero-order valence-corrected chi connectivity index (χ0v) is 11.1. The largest absolute Gasteiger partial charge is 0.493 e. The predicted molar refractivity (Wildman–Crippen MR) is 76.0 cm³/mol. The van der Waals surface area contributed by atoms with Gasteiger partial charge in [-0.05, 0) is 29.3 Å². The van der Waals surface area contributed by atoms with Crippen LogP contribution >= 0.6 is 0 Å². The number of fused-ring (bicyclic) bond motifs is 1. The number of nitrogens with one attached hydrogen (secondary N) is 1. The van der Waals surface area contributed by atoms with Gasteiger partial charge in [-0.1, -0.05) is 12.1 Å². The fourth-order valence-corrected chi connectivity index (χ4v) is 2.35. The van der Waals surface area contributed by atoms with Crippen LogP contribution in [0.25, 0.3) is 0 Å². The molecule has 0 saturated heterocycles. The summed E-state index contributed by atoms with van der Waals surface area (Å²) in [5.41, 5.74) is 2.18. The van der Waals surface area contributed by atoms with Crippen molar-refractivity contribution >= 4 is 11.4 Å². The number of hydrogen-bond acceptors (Lipinski definition) is 4. The van der Waals surface area contributed by atoms with Gasteiger partial charge in [0.15, 0.2) is 0 Å². The van der Waals surface area contributed by atoms with E-state index in [1.54, 1.807) is 0 Å². The first-order valence-electron chi connectivity index (χ1n) is 6.56. The number of nitro groups is 1. The topological polar surface area (TPSA) is 64.4 Å². The Hall–Kier alpha value is -2.63. The molecule has 5 nitrogen and oxygen atoms in total. The van der Waals surface area contributed by atoms with Crippen molar-refractivity contribution in [2.24, 2.45) is 0 Å². The lowest BCUT2D eigenvalue weighted by molar-refractivity contribution is -0.384. The van der Waals surface area contributed by atoms with Crippen LogP contribution in [0.3, 0.4) is 0 Å². The second kappa shape index (κ2) is 5.40. The molecule has 108 valence electrons. The van der Waals surface area contributed by atoms with Crippen molar-refractivity contribution in [3.05, 3.63) is 63.5 Å². The van der Waals surface area contributed by atoms with Crippen molar-refractivity contribution in [1.82, 2.24) is 0 Å². The molecule has 0 saturated carbocycles. The lowest BCUT2D eigenvalue weighted by Crippen LogP contribution is -2.03. The van der Waals surface area contributed by atoms with Crippen LogP contribution in [-0.2, 0) is 13.0 Å². The van der Waals surface area contributed by atoms with Crippen LogP contribution in [0.1, 0.15) is 11.1 Å². The summed E-state index contributed by atoms with van der Waals surface area (Å²) in [6.07, 6.45) is 0.875. The van der Waals surface area contributed by atoms with Gasteiger partial charge in [0.1, 0.15) is 17.3 Å². The summed E-state index contributed by atoms with van der Waals surface area (Å²) < 4.78 is 18.5. The van der Waals surface area contributed by atoms with Gasteiger partial charge >= 0.3 is 0 Å². The van der Waals surface area contributed by atoms with E-state index in [1.807, 2.05) is 18.2 Å². The molecule has 0 spiro atoms. The first kappa shape index (κ1) is 13.4. The van der Waals surface area contributed by atoms with Crippen LogP contribution in [0, 0.1) is 15.9 Å². The van der Waals surface area contributed by atoms with Crippen LogP contribution in [0.5, 0.6) is 5.75 Å². The molecule has 0 aliphatic carbocycles. The van der Waals surface area contributed by atoms with Crippen molar-refractivity contribution in [3.8, 4) is 5.75 Å². The Morgan fingerprint density at radius 2 is 2.14 bits per heavy atom. The molecule has 21 heavy (non-hydrogen) atoms. The summed E-state index contributed by atoms with van der Waals surface area (Å²) >= 11 is 0. The van der Waals surface area contributed by atoms with Crippen LogP contribution in [0.4, 0.5) is 15.8 Å². The van der Waals surface area contributed by atoms with Crippen LogP contribution in [-0.4, -0.2) is 11.5 Å². The minimum atomic E-state index is -0.623. The molecule has 0 amide bonds. The van der Waals surface area contributed by atoms with Gasteiger partial charge in [0, 0.05) is 13.0 Å². The Morgan fingerprint density at radius 3 is 2.95 bits per heavy atom. The number of hydrogen-bond donors (Lipinski definition) is 1. The summed E-state index contributed by atoms with van der Waals surface area (Å²) in [5.74, 6) is 0.272. The number of halogens is 1. The van der Waals surface area contributed by atoms with Crippen LogP contribution < -0.4 is 10.1 Å². The highest BCUT2D eigenvalue weighted by atomic mass is 19.1. The molecule has 0 aromatic heterocycles. The van der Waals surface area contributed by atoms with E-state index in [4.69, 9.17) is 4.74 Å². The maximum absolute atomic E-state index is 13.1. The molecule has 3 rings (SSSR count). The van der Waals surface area contributed by atoms with Crippen molar-refractivity contribution in [3.63, 3.8) is 0 Å². The third-order valence-corrected chi connectivity index (χ3v) is 3.39. The smallest absolute Gasteiger partial charge is 0.295 e. The standard InChI is InChI=1S/C15H13FN2O3/c16-12-2-3-13(14(8-12)18(19)20)17-9-10-1-4-15-11(7-10)5-6-21-15/h1-4,7-8,17H,5-6,9H2. The monoisotopic (exact) mass is 288 g/mol. The number of anilines is 1. The maximum atomic E-state index is 13.1. The quantitative estimate of drug-likeness (QED) is 0.692. The van der Waals surface area contributed by atoms with Crippen LogP contribution in [0.2, 0.25) is 0 Å². The summed E-state index contributed by atoms with van der Waals surface area (Å²) in [5, 5.41) is 13.9. The molecule has 0 bridgehead atoms. The van der Waals surface area contributed by atoms with Gasteiger partial charge in [0.2, 0.25) is 0 Å². The zero-order valence-electron chi connectivity index (χ0n) is 11.1. The third kappa shape index (κ3) is 2.79. The molecule has 1 N–H and O–H groups in total. The number of ether oxygens (including phenoxy) is 1. The second-order valence-electron chi connectivity index (χ2n) is 4.81. The highest BCUT2D eigenvalue weighted by Crippen LogP contribution is 2.28. The number of nitro benzene ring substituents is 1. The van der Waals surface area contributed by atoms with Crippen molar-refractivity contribution in [2.45, 2.75) is 13.0 Å². The van der Waals surface area contributed by atoms with Gasteiger partial charge in [-0.3, -0.25) is 10.1 Å². The molecule has 2 aromatic carbocycles. The Kier molecular flexibility index (Phi) is 3.43. The number of benzene rings is 2. The molecule has 1 aliphatic rings. The molecule has 6 heteroatoms. The van der Waals surface area contributed by atoms with Gasteiger partial charge in [0.05, 0.1) is 17.6 Å². The first-order chi connectivity index (χ1) is 10.1. The van der Waals surface area contributed by atoms with Gasteiger partial charge in [-0.2, -0.15) is 0 Å². The number of rotatable bonds is 4. The van der Waals surface area contributed by atoms with E-state index in [0.29, 0.717) is 18.8 Å². The van der Waals surface area contributed by atoms with Crippen molar-refractivity contribution in [1.29, 1.82) is 0 Å². The Morgan fingerprint density at radius 1 is 1.29 bits per heavy atom. The van der Waals surface area contributed by atoms with Crippen LogP contribution in [0.15, 0.2) is 36.4 Å². The first-order valence-corrected chi connectivity index (χ1v) is 6.56. The minimum Gasteiger partial charge on any atom is -0.493 e. The fourth-order valence-electron chi connectivity index (χ4n) is 2.35. The van der Waals surface area contributed by atoms with Crippen molar-refractivity contribution < 1.29 is 14.1 Å². The molecule has 0 atom stereocenters. The van der Waals surface area contributed by atoms with E-state index in [1.165, 1.54) is 12.1 Å². The highest BCUT2D eigenvalue weighted by Gasteiger charge is 2.15. The fraction of sp³-hybridized carbons (Fsp3) is 0.200. The van der Waals surface area contributed by atoms with Gasteiger partial charge in [0.25, 0.3) is 5.69 Å². The second-order valence-corrected chi connectivity index (χ2v) is 4.81. The van der Waals surface area contributed by atoms with Gasteiger partial charge in [-0.15, -0.1) is 0 Å². The van der Waals surface area contributed by atoms with E-state index < -0.39 is 10.7 Å². The Balaban J connectivity index is 1.77. The number of nitrogens with zero attached hydrogens (tertiary/aromatic N) is 1. The summed E-state index contributed by atoms with van der Waals surface area (Å²) in [7, 11) is 0. The zero-order chi connectivity index (χ0) is 14.8. The lowest BCUT2D eigenvalue weighted by atomic mass is 10.1. The summed E-state index contributed by atoms with van der Waals surface area (Å²) in [6, 6.07) is 9.32. The normalized spacial score (nSPS) is 12.6. The molecular weight excluding hydrogens is 275 g/mol. The van der Waals surface area contributed by atoms with E-state index in [-0.39, 0.29) is 5.69 Å². The van der Waals surface area contributed by atoms with E-state index in [2.05, 4.69) is 5.32 Å². The SMILES string of the molecule is O=[N+]([O-])c1cc(F)ccc1NCc1ccc2c(c1)CCO2. The van der Waals surface area contributed by atoms with Gasteiger partial charge in [-0.25, -0.2) is 4.39 Å². The molecule has 0 unspecified atom stereocenters. The molecular formula is C15H13FN2O3. The molecule has 1 heterocycles. The molecule has 0 radical (unpaired) electrons. The Labute approximate surface area is 120 Å². The average molecular weight is 288 g/mol. The van der Waals surface area contributed by atoms with E-state index in [0.717, 1.165) is 29.4 Å². The summed E-state index contributed by atoms with van der Waals surface area (Å²) in [6.45, 7) is 1.12. The maximum Gasteiger partial charge on any atom is 0.295 e. The Bertz CT molecular complexity index is 703. The average Bonchev–Trinajstić information content (AvgIpc) is 2.93. The minimum absolute atomic E-state index is 0.264. The molecule has 1 aliphatic heterocycles.